The molecule has 2 unspecified atom stereocenters. The Morgan fingerprint density at radius 2 is 1.91 bits per heavy atom. The summed E-state index contributed by atoms with van der Waals surface area (Å²) in [6.45, 7) is -0.407. The monoisotopic (exact) mass is 164 g/mol. The Bertz CT molecular complexity index is 128. The fourth-order valence-corrected chi connectivity index (χ4v) is 1.08. The molecule has 0 aromatic rings. The molecule has 11 heavy (non-hydrogen) atoms. The summed E-state index contributed by atoms with van der Waals surface area (Å²) < 4.78 is 4.71. The van der Waals surface area contributed by atoms with E-state index in [0.717, 1.165) is 0 Å². The van der Waals surface area contributed by atoms with Gasteiger partial charge in [0.1, 0.15) is 12.2 Å². The lowest BCUT2D eigenvalue weighted by Crippen LogP contribution is -2.49. The second kappa shape index (κ2) is 3.46. The average molecular weight is 164 g/mol. The molecule has 0 aliphatic carbocycles. The van der Waals surface area contributed by atoms with Gasteiger partial charge in [-0.2, -0.15) is 0 Å². The first-order valence-electron chi connectivity index (χ1n) is 3.45. The lowest BCUT2D eigenvalue weighted by molar-refractivity contribution is -0.239. The third-order valence-corrected chi connectivity index (χ3v) is 1.73. The predicted molar refractivity (Wildman–Crippen MR) is 34.6 cm³/mol. The maximum absolute atomic E-state index is 9.11. The van der Waals surface area contributed by atoms with Crippen molar-refractivity contribution in [2.24, 2.45) is 0 Å². The largest absolute Gasteiger partial charge is 0.394 e. The lowest BCUT2D eigenvalue weighted by atomic mass is 10.0. The fourth-order valence-electron chi connectivity index (χ4n) is 1.08. The van der Waals surface area contributed by atoms with Gasteiger partial charge in [-0.05, 0) is 0 Å². The third-order valence-electron chi connectivity index (χ3n) is 1.73. The summed E-state index contributed by atoms with van der Waals surface area (Å²) in [5, 5.41) is 35.6. The van der Waals surface area contributed by atoms with E-state index in [0.29, 0.717) is 0 Å². The van der Waals surface area contributed by atoms with Crippen molar-refractivity contribution in [3.63, 3.8) is 0 Å². The molecule has 1 rings (SSSR count). The van der Waals surface area contributed by atoms with Gasteiger partial charge >= 0.3 is 0 Å². The highest BCUT2D eigenvalue weighted by molar-refractivity contribution is 4.81. The van der Waals surface area contributed by atoms with Crippen LogP contribution in [-0.2, 0) is 4.74 Å². The van der Waals surface area contributed by atoms with Crippen LogP contribution in [0.5, 0.6) is 0 Å². The Hall–Kier alpha value is -0.200. The van der Waals surface area contributed by atoms with Crippen LogP contribution in [0.3, 0.4) is 0 Å². The summed E-state index contributed by atoms with van der Waals surface area (Å²) in [4.78, 5) is 0. The minimum Gasteiger partial charge on any atom is -0.394 e. The zero-order valence-electron chi connectivity index (χ0n) is 5.92. The molecule has 66 valence electrons. The quantitative estimate of drug-likeness (QED) is 0.353. The molecule has 0 saturated carbocycles. The zero-order valence-corrected chi connectivity index (χ0v) is 5.92. The van der Waals surface area contributed by atoms with Crippen LogP contribution in [0.2, 0.25) is 0 Å². The number of ether oxygens (including phenoxy) is 1. The van der Waals surface area contributed by atoms with Crippen LogP contribution >= 0.6 is 0 Å². The molecule has 0 bridgehead atoms. The molecule has 0 radical (unpaired) electrons. The van der Waals surface area contributed by atoms with Crippen molar-refractivity contribution in [2.45, 2.75) is 31.0 Å². The van der Waals surface area contributed by atoms with Crippen molar-refractivity contribution in [1.82, 2.24) is 0 Å². The molecular weight excluding hydrogens is 152 g/mol. The van der Waals surface area contributed by atoms with Gasteiger partial charge in [0, 0.05) is 6.42 Å². The molecule has 4 atom stereocenters. The highest BCUT2D eigenvalue weighted by Crippen LogP contribution is 2.18. The van der Waals surface area contributed by atoms with Gasteiger partial charge < -0.3 is 25.2 Å². The number of hydrogen-bond acceptors (Lipinski definition) is 5. The topological polar surface area (TPSA) is 90.2 Å². The maximum Gasteiger partial charge on any atom is 0.157 e. The normalized spacial score (nSPS) is 45.8. The van der Waals surface area contributed by atoms with Crippen LogP contribution < -0.4 is 0 Å². The van der Waals surface area contributed by atoms with E-state index in [1.165, 1.54) is 0 Å². The average Bonchev–Trinajstić information content (AvgIpc) is 1.96. The first kappa shape index (κ1) is 8.89. The Kier molecular flexibility index (Phi) is 2.80. The number of hydrogen-bond donors (Lipinski definition) is 4. The van der Waals surface area contributed by atoms with Gasteiger partial charge in [-0.1, -0.05) is 0 Å². The van der Waals surface area contributed by atoms with E-state index in [1.807, 2.05) is 0 Å². The molecule has 1 aliphatic rings. The van der Waals surface area contributed by atoms with Gasteiger partial charge in [0.05, 0.1) is 12.7 Å². The van der Waals surface area contributed by atoms with Crippen LogP contribution in [-0.4, -0.2) is 51.6 Å². The highest BCUT2D eigenvalue weighted by atomic mass is 16.6. The molecule has 5 nitrogen and oxygen atoms in total. The van der Waals surface area contributed by atoms with E-state index in [-0.39, 0.29) is 6.42 Å². The third kappa shape index (κ3) is 1.88. The van der Waals surface area contributed by atoms with Crippen molar-refractivity contribution >= 4 is 0 Å². The van der Waals surface area contributed by atoms with Gasteiger partial charge in [-0.3, -0.25) is 0 Å². The van der Waals surface area contributed by atoms with Gasteiger partial charge in [0.15, 0.2) is 6.29 Å². The Balaban J connectivity index is 2.51. The van der Waals surface area contributed by atoms with E-state index >= 15 is 0 Å². The maximum atomic E-state index is 9.11. The predicted octanol–water partition coefficient (Wildman–Crippen LogP) is -2.19. The van der Waals surface area contributed by atoms with Crippen LogP contribution in [0.4, 0.5) is 0 Å². The molecule has 1 fully saturated rings. The second-order valence-electron chi connectivity index (χ2n) is 2.61. The molecule has 5 heteroatoms. The molecule has 0 spiro atoms. The van der Waals surface area contributed by atoms with Crippen LogP contribution in [0.25, 0.3) is 0 Å². The first-order chi connectivity index (χ1) is 5.15. The van der Waals surface area contributed by atoms with Crippen molar-refractivity contribution < 1.29 is 25.2 Å². The van der Waals surface area contributed by atoms with Crippen LogP contribution in [0.15, 0.2) is 0 Å². The Morgan fingerprint density at radius 1 is 1.27 bits per heavy atom. The molecule has 1 saturated heterocycles. The van der Waals surface area contributed by atoms with Crippen molar-refractivity contribution in [3.05, 3.63) is 0 Å². The summed E-state index contributed by atoms with van der Waals surface area (Å²) >= 11 is 0. The minimum atomic E-state index is -1.11. The fraction of sp³-hybridized carbons (Fsp3) is 1.00. The summed E-state index contributed by atoms with van der Waals surface area (Å²) in [6, 6.07) is 0. The summed E-state index contributed by atoms with van der Waals surface area (Å²) in [7, 11) is 0. The first-order valence-corrected chi connectivity index (χ1v) is 3.45. The lowest BCUT2D eigenvalue weighted by Gasteiger charge is -2.33. The van der Waals surface area contributed by atoms with Crippen molar-refractivity contribution in [1.29, 1.82) is 0 Å². The summed E-state index contributed by atoms with van der Waals surface area (Å²) in [6.07, 6.45) is -4.11. The molecule has 4 N–H and O–H groups in total. The minimum absolute atomic E-state index is 0.0162. The van der Waals surface area contributed by atoms with Crippen LogP contribution in [0, 0.1) is 0 Å². The molecule has 0 aromatic heterocycles. The van der Waals surface area contributed by atoms with E-state index in [9.17, 15) is 0 Å². The van der Waals surface area contributed by atoms with E-state index in [1.54, 1.807) is 0 Å². The van der Waals surface area contributed by atoms with E-state index < -0.39 is 31.2 Å². The molecule has 1 aliphatic heterocycles. The van der Waals surface area contributed by atoms with E-state index in [4.69, 9.17) is 25.2 Å². The van der Waals surface area contributed by atoms with Gasteiger partial charge in [0.2, 0.25) is 0 Å². The molecule has 1 heterocycles. The van der Waals surface area contributed by atoms with E-state index in [2.05, 4.69) is 0 Å². The highest BCUT2D eigenvalue weighted by Gasteiger charge is 2.35. The molecule has 0 amide bonds. The smallest absolute Gasteiger partial charge is 0.157 e. The van der Waals surface area contributed by atoms with Crippen LogP contribution in [0.1, 0.15) is 6.42 Å². The van der Waals surface area contributed by atoms with Crippen molar-refractivity contribution in [3.8, 4) is 0 Å². The number of rotatable bonds is 1. The second-order valence-corrected chi connectivity index (χ2v) is 2.61. The SMILES string of the molecule is OCC1OC(O)C[C@@H](O)[C@@H]1O. The van der Waals surface area contributed by atoms with Gasteiger partial charge in [-0.15, -0.1) is 0 Å². The van der Waals surface area contributed by atoms with Gasteiger partial charge in [-0.25, -0.2) is 0 Å². The number of aliphatic hydroxyl groups is 4. The Morgan fingerprint density at radius 3 is 2.45 bits per heavy atom. The van der Waals surface area contributed by atoms with Gasteiger partial charge in [0.25, 0.3) is 0 Å². The Labute approximate surface area is 63.8 Å². The zero-order chi connectivity index (χ0) is 8.43. The standard InChI is InChI=1S/C6H12O5/c7-2-4-6(10)3(8)1-5(9)11-4/h3-10H,1-2H2/t3-,4?,5?,6+/m1/s1. The summed E-state index contributed by atoms with van der Waals surface area (Å²) in [5.41, 5.74) is 0. The molecular formula is C6H12O5. The summed E-state index contributed by atoms with van der Waals surface area (Å²) in [5.74, 6) is 0. The molecule has 0 aromatic carbocycles. The van der Waals surface area contributed by atoms with Crippen molar-refractivity contribution in [2.75, 3.05) is 6.61 Å². The number of aliphatic hydroxyl groups excluding tert-OH is 4.